The normalized spacial score (nSPS) is 13.9. The van der Waals surface area contributed by atoms with E-state index in [1.54, 1.807) is 4.57 Å². The third-order valence-corrected chi connectivity index (χ3v) is 21.5. The van der Waals surface area contributed by atoms with Crippen LogP contribution in [0.4, 0.5) is 17.1 Å². The summed E-state index contributed by atoms with van der Waals surface area (Å²) in [5.74, 6) is 0. The molecule has 3 nitrogen and oxygen atoms in total. The van der Waals surface area contributed by atoms with Crippen molar-refractivity contribution in [2.24, 2.45) is 0 Å². The molecular weight excluding hydrogens is 1230 g/mol. The van der Waals surface area contributed by atoms with Gasteiger partial charge in [0.05, 0.1) is 37.9 Å². The van der Waals surface area contributed by atoms with Gasteiger partial charge >= 0.3 is 0 Å². The van der Waals surface area contributed by atoms with E-state index in [2.05, 4.69) is 312 Å². The van der Waals surface area contributed by atoms with Crippen molar-refractivity contribution >= 4 is 73.7 Å². The molecule has 2 aliphatic heterocycles. The van der Waals surface area contributed by atoms with E-state index in [4.69, 9.17) is 1.37 Å². The van der Waals surface area contributed by atoms with Crippen LogP contribution in [0.1, 0.15) is 120 Å². The number of benzene rings is 13. The average Bonchev–Trinajstić information content (AvgIpc) is 1.46. The predicted molar refractivity (Wildman–Crippen MR) is 428 cm³/mol. The highest BCUT2D eigenvalue weighted by molar-refractivity contribution is 8.00. The Kier molecular flexibility index (Phi) is 13.7. The zero-order valence-electron chi connectivity index (χ0n) is 65.8. The van der Waals surface area contributed by atoms with E-state index in [0.29, 0.717) is 5.69 Å². The Morgan fingerprint density at radius 2 is 0.870 bits per heavy atom. The van der Waals surface area contributed by atoms with Crippen molar-refractivity contribution in [3.63, 3.8) is 0 Å². The lowest BCUT2D eigenvalue weighted by Gasteiger charge is -2.42. The molecule has 0 bridgehead atoms. The molecule has 0 unspecified atom stereocenters. The Balaban J connectivity index is 1.07. The first-order valence-electron chi connectivity index (χ1n) is 38.2. The Morgan fingerprint density at radius 3 is 1.47 bits per heavy atom. The molecule has 3 heterocycles. The number of anilines is 3. The summed E-state index contributed by atoms with van der Waals surface area (Å²) < 4.78 is 68.4. The number of hydrogen-bond donors (Lipinski definition) is 0. The van der Waals surface area contributed by atoms with Gasteiger partial charge in [-0.05, 0) is 212 Å². The maximum absolute atomic E-state index is 10.6. The molecule has 0 atom stereocenters. The molecule has 0 saturated heterocycles. The minimum absolute atomic E-state index is 0.00176. The van der Waals surface area contributed by atoms with Crippen LogP contribution >= 0.6 is 11.8 Å². The molecule has 0 aliphatic carbocycles. The van der Waals surface area contributed by atoms with Crippen LogP contribution in [-0.4, -0.2) is 11.3 Å². The van der Waals surface area contributed by atoms with E-state index in [-0.39, 0.29) is 67.2 Å². The molecule has 14 aromatic rings. The molecule has 0 saturated carbocycles. The quantitative estimate of drug-likeness (QED) is 0.135. The smallest absolute Gasteiger partial charge is 0.249 e. The van der Waals surface area contributed by atoms with Crippen LogP contribution in [0.2, 0.25) is 0 Å². The summed E-state index contributed by atoms with van der Waals surface area (Å²) in [4.78, 5) is 4.64. The second-order valence-corrected chi connectivity index (χ2v) is 32.2. The number of nitriles is 1. The van der Waals surface area contributed by atoms with Gasteiger partial charge < -0.3 is 9.47 Å². The molecule has 100 heavy (non-hydrogen) atoms. The number of para-hydroxylation sites is 1. The standard InChI is InChI=1S/C95H82BN3S/c1-92(2,3)73-39-37-66(38-40-73)80-52-71(69-48-67(62-26-18-14-19-27-62)47-68(49-69)63-28-20-15-21-29-63)53-83-91(80)100-89-55-72(70-50-75(94(7,8)9)56-76(51-70)95(10,11)12)54-88-90(89)96(83)82-43-42-77(98-84-31-23-22-30-78(84)81-46-60(59-97)32-44-86(81)98)58-87(82)99(88)85-45-41-74(93(4,5)6)57-79(85)65-35-33-64(34-36-65)61-24-16-13-17-25-61/h13-58H,1-12H3/i22D,23D,30D,31D,32D,44D,46D. The van der Waals surface area contributed by atoms with Crippen LogP contribution in [0.5, 0.6) is 0 Å². The zero-order valence-corrected chi connectivity index (χ0v) is 59.7. The summed E-state index contributed by atoms with van der Waals surface area (Å²) in [5, 5.41) is 10.6. The van der Waals surface area contributed by atoms with Gasteiger partial charge in [-0.1, -0.05) is 294 Å². The first-order chi connectivity index (χ1) is 50.9. The van der Waals surface area contributed by atoms with E-state index in [9.17, 15) is 13.5 Å². The van der Waals surface area contributed by atoms with Crippen molar-refractivity contribution in [3.8, 4) is 89.6 Å². The van der Waals surface area contributed by atoms with Gasteiger partial charge in [0, 0.05) is 43.2 Å². The zero-order chi connectivity index (χ0) is 75.2. The molecule has 486 valence electrons. The van der Waals surface area contributed by atoms with E-state index in [1.807, 2.05) is 30.0 Å². The van der Waals surface area contributed by atoms with Crippen LogP contribution in [0.15, 0.2) is 289 Å². The lowest BCUT2D eigenvalue weighted by molar-refractivity contribution is 0.569. The lowest BCUT2D eigenvalue weighted by Crippen LogP contribution is -2.60. The van der Waals surface area contributed by atoms with Gasteiger partial charge in [-0.3, -0.25) is 0 Å². The predicted octanol–water partition coefficient (Wildman–Crippen LogP) is 24.3. The minimum atomic E-state index is -0.507. The maximum Gasteiger partial charge on any atom is 0.249 e. The third kappa shape index (κ3) is 11.6. The van der Waals surface area contributed by atoms with Gasteiger partial charge in [-0.15, -0.1) is 0 Å². The fourth-order valence-corrected chi connectivity index (χ4v) is 16.0. The molecule has 5 heteroatoms. The number of rotatable bonds is 9. The summed E-state index contributed by atoms with van der Waals surface area (Å²) >= 11 is 1.83. The van der Waals surface area contributed by atoms with Crippen molar-refractivity contribution in [3.05, 3.63) is 307 Å². The van der Waals surface area contributed by atoms with Crippen LogP contribution in [0.25, 0.3) is 105 Å². The first kappa shape index (κ1) is 56.3. The van der Waals surface area contributed by atoms with Gasteiger partial charge in [-0.25, -0.2) is 0 Å². The van der Waals surface area contributed by atoms with Crippen molar-refractivity contribution < 1.29 is 9.60 Å². The fourth-order valence-electron chi connectivity index (χ4n) is 14.7. The average molecular weight is 1320 g/mol. The molecular formula is C95H82BN3S. The van der Waals surface area contributed by atoms with E-state index in [1.165, 1.54) is 16.7 Å². The van der Waals surface area contributed by atoms with Gasteiger partial charge in [-0.2, -0.15) is 5.26 Å². The highest BCUT2D eigenvalue weighted by Gasteiger charge is 2.44. The molecule has 2 aliphatic rings. The third-order valence-electron chi connectivity index (χ3n) is 20.3. The molecule has 0 radical (unpaired) electrons. The van der Waals surface area contributed by atoms with Gasteiger partial charge in [0.25, 0.3) is 0 Å². The topological polar surface area (TPSA) is 32.0 Å². The van der Waals surface area contributed by atoms with Crippen LogP contribution < -0.4 is 21.3 Å². The molecule has 16 rings (SSSR count). The minimum Gasteiger partial charge on any atom is -0.311 e. The highest BCUT2D eigenvalue weighted by atomic mass is 32.2. The van der Waals surface area contributed by atoms with E-state index < -0.39 is 30.9 Å². The fraction of sp³-hybridized carbons (Fsp3) is 0.168. The van der Waals surface area contributed by atoms with Crippen LogP contribution in [-0.2, 0) is 21.7 Å². The summed E-state index contributed by atoms with van der Waals surface area (Å²) in [6.07, 6.45) is 0. The number of fused-ring (bicyclic) bond motifs is 7. The second-order valence-electron chi connectivity index (χ2n) is 31.2. The molecule has 0 spiro atoms. The Bertz CT molecular complexity index is 5940. The number of hydrogen-bond acceptors (Lipinski definition) is 3. The Morgan fingerprint density at radius 1 is 0.370 bits per heavy atom. The molecule has 0 N–H and O–H groups in total. The summed E-state index contributed by atoms with van der Waals surface area (Å²) in [6.45, 7) is 26.8. The molecule has 0 amide bonds. The SMILES string of the molecule is [2H]c1c([2H])c([2H])c2c(c1[2H])c1c([2H])c(C#N)c([2H])c([2H])c1n2-c1ccc2c(c1)N(c1ccc(C(C)(C)C)cc1-c1ccc(-c3ccccc3)cc1)c1cc(-c3cc(C(C)(C)C)cc(C(C)(C)C)c3)cc3c1B2c1cc(-c2cc(-c4ccccc4)cc(-c4ccccc4)c2)cc(-c2ccc(C(C)(C)C)cc2)c1S3. The largest absolute Gasteiger partial charge is 0.311 e. The summed E-state index contributed by atoms with van der Waals surface area (Å²) in [5.41, 5.74) is 24.9. The van der Waals surface area contributed by atoms with Crippen LogP contribution in [0, 0.1) is 11.3 Å². The van der Waals surface area contributed by atoms with Crippen molar-refractivity contribution in [2.45, 2.75) is 115 Å². The van der Waals surface area contributed by atoms with E-state index in [0.717, 1.165) is 127 Å². The van der Waals surface area contributed by atoms with Crippen molar-refractivity contribution in [1.82, 2.24) is 4.57 Å². The molecule has 0 fully saturated rings. The number of aromatic nitrogens is 1. The van der Waals surface area contributed by atoms with Gasteiger partial charge in [0.15, 0.2) is 0 Å². The van der Waals surface area contributed by atoms with Crippen LogP contribution in [0.3, 0.4) is 0 Å². The Labute approximate surface area is 605 Å². The molecule has 13 aromatic carbocycles. The summed E-state index contributed by atoms with van der Waals surface area (Å²) in [7, 11) is 0. The van der Waals surface area contributed by atoms with Gasteiger partial charge in [0.1, 0.15) is 0 Å². The highest BCUT2D eigenvalue weighted by Crippen LogP contribution is 2.51. The second kappa shape index (κ2) is 24.4. The van der Waals surface area contributed by atoms with E-state index >= 15 is 0 Å². The van der Waals surface area contributed by atoms with Crippen molar-refractivity contribution in [2.75, 3.05) is 4.90 Å². The summed E-state index contributed by atoms with van der Waals surface area (Å²) in [6, 6.07) is 85.5. The molecule has 1 aromatic heterocycles. The first-order valence-corrected chi connectivity index (χ1v) is 35.5. The maximum atomic E-state index is 10.6. The Hall–Kier alpha value is -10.6. The van der Waals surface area contributed by atoms with Crippen molar-refractivity contribution in [1.29, 1.82) is 5.26 Å². The monoisotopic (exact) mass is 1310 g/mol. The number of nitrogens with zero attached hydrogens (tertiary/aromatic N) is 3. The van der Waals surface area contributed by atoms with Gasteiger partial charge in [0.2, 0.25) is 6.71 Å². The lowest BCUT2D eigenvalue weighted by atomic mass is 9.34.